The third-order valence-corrected chi connectivity index (χ3v) is 7.83. The van der Waals surface area contributed by atoms with Gasteiger partial charge < -0.3 is 9.32 Å². The second-order valence-corrected chi connectivity index (χ2v) is 10.5. The summed E-state index contributed by atoms with van der Waals surface area (Å²) in [6.07, 6.45) is 0. The molecule has 1 amide bonds. The number of sulfonamides is 1. The molecule has 7 nitrogen and oxygen atoms in total. The van der Waals surface area contributed by atoms with Crippen molar-refractivity contribution >= 4 is 15.9 Å². The molecule has 3 rings (SSSR count). The van der Waals surface area contributed by atoms with Crippen LogP contribution in [0.25, 0.3) is 0 Å². The summed E-state index contributed by atoms with van der Waals surface area (Å²) in [6, 6.07) is 9.26. The number of carbonyl (C=O) groups is 1. The van der Waals surface area contributed by atoms with Gasteiger partial charge in [0.15, 0.2) is 0 Å². The van der Waals surface area contributed by atoms with Gasteiger partial charge in [-0.05, 0) is 70.0 Å². The van der Waals surface area contributed by atoms with E-state index < -0.39 is 10.0 Å². The number of furan rings is 1. The molecule has 1 saturated heterocycles. The van der Waals surface area contributed by atoms with Gasteiger partial charge in [0.2, 0.25) is 15.9 Å². The second kappa shape index (κ2) is 9.54. The van der Waals surface area contributed by atoms with Gasteiger partial charge >= 0.3 is 0 Å². The predicted molar refractivity (Wildman–Crippen MR) is 120 cm³/mol. The Morgan fingerprint density at radius 2 is 1.71 bits per heavy atom. The van der Waals surface area contributed by atoms with Crippen LogP contribution in [0.4, 0.5) is 0 Å². The van der Waals surface area contributed by atoms with Crippen LogP contribution in [-0.2, 0) is 21.4 Å². The minimum absolute atomic E-state index is 0.0141. The normalized spacial score (nSPS) is 15.8. The van der Waals surface area contributed by atoms with E-state index in [2.05, 4.69) is 18.7 Å². The maximum absolute atomic E-state index is 13.0. The van der Waals surface area contributed by atoms with Crippen LogP contribution in [0.1, 0.15) is 36.5 Å². The zero-order valence-corrected chi connectivity index (χ0v) is 19.9. The Morgan fingerprint density at radius 3 is 2.26 bits per heavy atom. The summed E-state index contributed by atoms with van der Waals surface area (Å²) >= 11 is 0. The van der Waals surface area contributed by atoms with Crippen molar-refractivity contribution in [3.8, 4) is 0 Å². The van der Waals surface area contributed by atoms with Crippen molar-refractivity contribution in [2.24, 2.45) is 0 Å². The molecular formula is C23H33N3O4S. The molecule has 2 aromatic rings. The summed E-state index contributed by atoms with van der Waals surface area (Å²) in [5, 5.41) is 0. The van der Waals surface area contributed by atoms with Gasteiger partial charge in [-0.1, -0.05) is 6.07 Å². The molecule has 0 N–H and O–H groups in total. The van der Waals surface area contributed by atoms with E-state index >= 15 is 0 Å². The fourth-order valence-electron chi connectivity index (χ4n) is 3.67. The van der Waals surface area contributed by atoms with E-state index in [1.807, 2.05) is 39.0 Å². The Kier molecular flexibility index (Phi) is 7.24. The molecule has 1 aromatic carbocycles. The van der Waals surface area contributed by atoms with Crippen LogP contribution in [-0.4, -0.2) is 67.2 Å². The monoisotopic (exact) mass is 447 g/mol. The lowest BCUT2D eigenvalue weighted by atomic mass is 10.1. The van der Waals surface area contributed by atoms with E-state index in [4.69, 9.17) is 4.42 Å². The fourth-order valence-corrected chi connectivity index (χ4v) is 5.17. The Labute approximate surface area is 185 Å². The van der Waals surface area contributed by atoms with Gasteiger partial charge in [-0.25, -0.2) is 8.42 Å². The van der Waals surface area contributed by atoms with E-state index in [1.54, 1.807) is 17.0 Å². The van der Waals surface area contributed by atoms with Crippen LogP contribution >= 0.6 is 0 Å². The van der Waals surface area contributed by atoms with Crippen molar-refractivity contribution in [1.82, 2.24) is 14.1 Å². The van der Waals surface area contributed by atoms with Gasteiger partial charge in [-0.2, -0.15) is 4.31 Å². The van der Waals surface area contributed by atoms with Crippen molar-refractivity contribution in [3.63, 3.8) is 0 Å². The van der Waals surface area contributed by atoms with Crippen LogP contribution in [0.5, 0.6) is 0 Å². The molecule has 0 unspecified atom stereocenters. The first-order valence-electron chi connectivity index (χ1n) is 10.7. The summed E-state index contributed by atoms with van der Waals surface area (Å²) in [6.45, 7) is 12.1. The van der Waals surface area contributed by atoms with Crippen molar-refractivity contribution in [2.75, 3.05) is 32.7 Å². The zero-order chi connectivity index (χ0) is 22.8. The van der Waals surface area contributed by atoms with Crippen molar-refractivity contribution in [3.05, 3.63) is 53.0 Å². The number of amides is 1. The van der Waals surface area contributed by atoms with Gasteiger partial charge in [0.25, 0.3) is 0 Å². The molecule has 1 aliphatic rings. The number of benzene rings is 1. The summed E-state index contributed by atoms with van der Waals surface area (Å²) < 4.78 is 33.1. The first-order chi connectivity index (χ1) is 14.6. The number of aryl methyl sites for hydroxylation is 3. The van der Waals surface area contributed by atoms with E-state index in [0.29, 0.717) is 37.6 Å². The standard InChI is InChI=1S/C23H33N3O4S/c1-17(2)25(15-21-8-7-20(5)30-21)16-23(27)24-10-12-26(13-11-24)31(28,29)22-9-6-18(3)19(4)14-22/h6-9,14,17H,10-13,15-16H2,1-5H3. The topological polar surface area (TPSA) is 74.1 Å². The fraction of sp³-hybridized carbons (Fsp3) is 0.522. The molecule has 0 spiro atoms. The summed E-state index contributed by atoms with van der Waals surface area (Å²) in [7, 11) is -3.55. The highest BCUT2D eigenvalue weighted by Gasteiger charge is 2.31. The summed E-state index contributed by atoms with van der Waals surface area (Å²) in [5.41, 5.74) is 2.02. The first kappa shape index (κ1) is 23.5. The van der Waals surface area contributed by atoms with E-state index in [9.17, 15) is 13.2 Å². The van der Waals surface area contributed by atoms with Gasteiger partial charge in [-0.15, -0.1) is 0 Å². The Bertz CT molecular complexity index is 1020. The van der Waals surface area contributed by atoms with E-state index in [-0.39, 0.29) is 18.5 Å². The van der Waals surface area contributed by atoms with Gasteiger partial charge in [0.1, 0.15) is 11.5 Å². The molecule has 170 valence electrons. The average Bonchev–Trinajstić information content (AvgIpc) is 3.14. The second-order valence-electron chi connectivity index (χ2n) is 8.54. The molecule has 8 heteroatoms. The van der Waals surface area contributed by atoms with Crippen LogP contribution in [0.3, 0.4) is 0 Å². The SMILES string of the molecule is Cc1ccc(CN(CC(=O)N2CCN(S(=O)(=O)c3ccc(C)c(C)c3)CC2)C(C)C)o1. The van der Waals surface area contributed by atoms with Crippen LogP contribution in [0.15, 0.2) is 39.6 Å². The van der Waals surface area contributed by atoms with E-state index in [0.717, 1.165) is 22.6 Å². The lowest BCUT2D eigenvalue weighted by molar-refractivity contribution is -0.134. The molecule has 1 aromatic heterocycles. The molecule has 1 fully saturated rings. The number of piperazine rings is 1. The molecule has 1 aliphatic heterocycles. The Hall–Kier alpha value is -2.16. The smallest absolute Gasteiger partial charge is 0.243 e. The molecule has 0 radical (unpaired) electrons. The third-order valence-electron chi connectivity index (χ3n) is 5.93. The summed E-state index contributed by atoms with van der Waals surface area (Å²) in [4.78, 5) is 17.0. The highest BCUT2D eigenvalue weighted by molar-refractivity contribution is 7.89. The molecular weight excluding hydrogens is 414 g/mol. The largest absolute Gasteiger partial charge is 0.465 e. The van der Waals surface area contributed by atoms with Crippen LogP contribution < -0.4 is 0 Å². The average molecular weight is 448 g/mol. The Morgan fingerprint density at radius 1 is 1.03 bits per heavy atom. The molecule has 0 bridgehead atoms. The highest BCUT2D eigenvalue weighted by Crippen LogP contribution is 2.21. The highest BCUT2D eigenvalue weighted by atomic mass is 32.2. The van der Waals surface area contributed by atoms with Gasteiger partial charge in [0, 0.05) is 32.2 Å². The molecule has 2 heterocycles. The minimum atomic E-state index is -3.55. The maximum Gasteiger partial charge on any atom is 0.243 e. The van der Waals surface area contributed by atoms with Crippen molar-refractivity contribution < 1.29 is 17.6 Å². The van der Waals surface area contributed by atoms with E-state index in [1.165, 1.54) is 4.31 Å². The number of hydrogen-bond acceptors (Lipinski definition) is 5. The first-order valence-corrected chi connectivity index (χ1v) is 12.2. The van der Waals surface area contributed by atoms with Crippen molar-refractivity contribution in [2.45, 2.75) is 52.1 Å². The van der Waals surface area contributed by atoms with Crippen molar-refractivity contribution in [1.29, 1.82) is 0 Å². The number of nitrogens with zero attached hydrogens (tertiary/aromatic N) is 3. The summed E-state index contributed by atoms with van der Waals surface area (Å²) in [5.74, 6) is 1.70. The Balaban J connectivity index is 1.60. The zero-order valence-electron chi connectivity index (χ0n) is 19.1. The lowest BCUT2D eigenvalue weighted by Crippen LogP contribution is -2.53. The minimum Gasteiger partial charge on any atom is -0.465 e. The maximum atomic E-state index is 13.0. The van der Waals surface area contributed by atoms with Gasteiger partial charge in [-0.3, -0.25) is 9.69 Å². The molecule has 0 saturated carbocycles. The molecule has 31 heavy (non-hydrogen) atoms. The van der Waals surface area contributed by atoms with Crippen LogP contribution in [0.2, 0.25) is 0 Å². The number of rotatable bonds is 7. The number of hydrogen-bond donors (Lipinski definition) is 0. The molecule has 0 atom stereocenters. The quantitative estimate of drug-likeness (QED) is 0.652. The lowest BCUT2D eigenvalue weighted by Gasteiger charge is -2.35. The van der Waals surface area contributed by atoms with Gasteiger partial charge in [0.05, 0.1) is 18.0 Å². The predicted octanol–water partition coefficient (Wildman–Crippen LogP) is 2.95. The third kappa shape index (κ3) is 5.56. The van der Waals surface area contributed by atoms with Crippen LogP contribution in [0, 0.1) is 20.8 Å². The molecule has 0 aliphatic carbocycles. The number of carbonyl (C=O) groups excluding carboxylic acids is 1.